The Labute approximate surface area is 142 Å². The summed E-state index contributed by atoms with van der Waals surface area (Å²) in [5.74, 6) is -0.157. The van der Waals surface area contributed by atoms with Crippen LogP contribution in [0.15, 0.2) is 54.6 Å². The molecule has 24 heavy (non-hydrogen) atoms. The third kappa shape index (κ3) is 5.76. The normalized spacial score (nSPS) is 10.8. The van der Waals surface area contributed by atoms with Crippen molar-refractivity contribution in [1.82, 2.24) is 5.32 Å². The Kier molecular flexibility index (Phi) is 5.58. The first-order chi connectivity index (χ1) is 11.3. The lowest BCUT2D eigenvalue weighted by Crippen LogP contribution is -2.32. The van der Waals surface area contributed by atoms with Gasteiger partial charge in [0.2, 0.25) is 0 Å². The maximum atomic E-state index is 12.1. The molecule has 0 aliphatic rings. The fourth-order valence-corrected chi connectivity index (χ4v) is 1.99. The zero-order valence-corrected chi connectivity index (χ0v) is 14.1. The van der Waals surface area contributed by atoms with Gasteiger partial charge in [-0.25, -0.2) is 4.79 Å². The molecular weight excluding hydrogens is 304 g/mol. The molecule has 0 spiro atoms. The van der Waals surface area contributed by atoms with Crippen LogP contribution in [0.25, 0.3) is 0 Å². The standard InChI is InChI=1S/C19H22N2O3/c1-19(2,3)24-18(23)20-13-14-9-11-16(12-10-14)21-17(22)15-7-5-4-6-8-15/h4-12H,13H2,1-3H3,(H,20,23)(H,21,22). The minimum Gasteiger partial charge on any atom is -0.444 e. The van der Waals surface area contributed by atoms with E-state index in [1.165, 1.54) is 0 Å². The Morgan fingerprint density at radius 3 is 2.17 bits per heavy atom. The van der Waals surface area contributed by atoms with E-state index < -0.39 is 11.7 Å². The molecule has 0 saturated carbocycles. The predicted molar refractivity (Wildman–Crippen MR) is 93.9 cm³/mol. The molecule has 2 N–H and O–H groups in total. The molecule has 0 aliphatic heterocycles. The second kappa shape index (κ2) is 7.64. The molecule has 126 valence electrons. The van der Waals surface area contributed by atoms with Crippen molar-refractivity contribution in [3.63, 3.8) is 0 Å². The molecule has 0 radical (unpaired) electrons. The zero-order chi connectivity index (χ0) is 17.6. The number of carbonyl (C=O) groups excluding carboxylic acids is 2. The molecule has 0 saturated heterocycles. The van der Waals surface area contributed by atoms with E-state index in [9.17, 15) is 9.59 Å². The van der Waals surface area contributed by atoms with Gasteiger partial charge in [-0.1, -0.05) is 30.3 Å². The van der Waals surface area contributed by atoms with Gasteiger partial charge in [-0.05, 0) is 50.6 Å². The summed E-state index contributed by atoms with van der Waals surface area (Å²) in [6.07, 6.45) is -0.455. The minimum atomic E-state index is -0.518. The molecule has 2 amide bonds. The van der Waals surface area contributed by atoms with Crippen LogP contribution < -0.4 is 10.6 Å². The molecule has 0 bridgehead atoms. The van der Waals surface area contributed by atoms with Crippen LogP contribution in [-0.2, 0) is 11.3 Å². The van der Waals surface area contributed by atoms with E-state index in [1.54, 1.807) is 24.3 Å². The second-order valence-electron chi connectivity index (χ2n) is 6.37. The number of hydrogen-bond acceptors (Lipinski definition) is 3. The molecule has 2 aromatic carbocycles. The lowest BCUT2D eigenvalue weighted by molar-refractivity contribution is 0.0523. The molecule has 5 nitrogen and oxygen atoms in total. The number of rotatable bonds is 4. The van der Waals surface area contributed by atoms with Crippen LogP contribution in [0.3, 0.4) is 0 Å². The van der Waals surface area contributed by atoms with Crippen LogP contribution >= 0.6 is 0 Å². The van der Waals surface area contributed by atoms with Gasteiger partial charge < -0.3 is 15.4 Å². The fourth-order valence-electron chi connectivity index (χ4n) is 1.99. The van der Waals surface area contributed by atoms with E-state index in [2.05, 4.69) is 10.6 Å². The van der Waals surface area contributed by atoms with Gasteiger partial charge in [-0.3, -0.25) is 4.79 Å². The quantitative estimate of drug-likeness (QED) is 0.893. The summed E-state index contributed by atoms with van der Waals surface area (Å²) in [6.45, 7) is 5.81. The highest BCUT2D eigenvalue weighted by molar-refractivity contribution is 6.04. The van der Waals surface area contributed by atoms with E-state index in [0.29, 0.717) is 17.8 Å². The number of amides is 2. The van der Waals surface area contributed by atoms with E-state index >= 15 is 0 Å². The number of hydrogen-bond donors (Lipinski definition) is 2. The van der Waals surface area contributed by atoms with Crippen molar-refractivity contribution in [3.05, 3.63) is 65.7 Å². The Morgan fingerprint density at radius 1 is 0.958 bits per heavy atom. The Bertz CT molecular complexity index is 689. The van der Waals surface area contributed by atoms with Crippen molar-refractivity contribution < 1.29 is 14.3 Å². The first kappa shape index (κ1) is 17.5. The number of anilines is 1. The maximum Gasteiger partial charge on any atom is 0.407 e. The van der Waals surface area contributed by atoms with E-state index in [-0.39, 0.29) is 5.91 Å². The van der Waals surface area contributed by atoms with E-state index in [4.69, 9.17) is 4.74 Å². The van der Waals surface area contributed by atoms with Crippen molar-refractivity contribution in [2.24, 2.45) is 0 Å². The van der Waals surface area contributed by atoms with Crippen LogP contribution in [0.5, 0.6) is 0 Å². The van der Waals surface area contributed by atoms with Crippen molar-refractivity contribution in [3.8, 4) is 0 Å². The maximum absolute atomic E-state index is 12.1. The van der Waals surface area contributed by atoms with Gasteiger partial charge in [0.15, 0.2) is 0 Å². The highest BCUT2D eigenvalue weighted by Crippen LogP contribution is 2.12. The molecular formula is C19H22N2O3. The second-order valence-corrected chi connectivity index (χ2v) is 6.37. The number of alkyl carbamates (subject to hydrolysis) is 1. The lowest BCUT2D eigenvalue weighted by atomic mass is 10.2. The van der Waals surface area contributed by atoms with E-state index in [0.717, 1.165) is 5.56 Å². The SMILES string of the molecule is CC(C)(C)OC(=O)NCc1ccc(NC(=O)c2ccccc2)cc1. The smallest absolute Gasteiger partial charge is 0.407 e. The van der Waals surface area contributed by atoms with Crippen molar-refractivity contribution >= 4 is 17.7 Å². The van der Waals surface area contributed by atoms with Crippen LogP contribution in [0.4, 0.5) is 10.5 Å². The van der Waals surface area contributed by atoms with Gasteiger partial charge >= 0.3 is 6.09 Å². The third-order valence-corrected chi connectivity index (χ3v) is 3.08. The first-order valence-electron chi connectivity index (χ1n) is 7.76. The number of benzene rings is 2. The molecule has 5 heteroatoms. The molecule has 0 fully saturated rings. The summed E-state index contributed by atoms with van der Waals surface area (Å²) in [7, 11) is 0. The lowest BCUT2D eigenvalue weighted by Gasteiger charge is -2.19. The third-order valence-electron chi connectivity index (χ3n) is 3.08. The summed E-state index contributed by atoms with van der Waals surface area (Å²) < 4.78 is 5.18. The number of ether oxygens (including phenoxy) is 1. The Hall–Kier alpha value is -2.82. The summed E-state index contributed by atoms with van der Waals surface area (Å²) >= 11 is 0. The predicted octanol–water partition coefficient (Wildman–Crippen LogP) is 3.96. The average molecular weight is 326 g/mol. The zero-order valence-electron chi connectivity index (χ0n) is 14.1. The molecule has 0 heterocycles. The summed E-state index contributed by atoms with van der Waals surface area (Å²) in [6, 6.07) is 16.3. The highest BCUT2D eigenvalue weighted by Gasteiger charge is 2.15. The Morgan fingerprint density at radius 2 is 1.58 bits per heavy atom. The molecule has 2 rings (SSSR count). The highest BCUT2D eigenvalue weighted by atomic mass is 16.6. The molecule has 0 aliphatic carbocycles. The largest absolute Gasteiger partial charge is 0.444 e. The van der Waals surface area contributed by atoms with Crippen LogP contribution in [0.1, 0.15) is 36.7 Å². The minimum absolute atomic E-state index is 0.157. The average Bonchev–Trinajstić information content (AvgIpc) is 2.53. The number of carbonyl (C=O) groups is 2. The molecule has 0 aromatic heterocycles. The van der Waals surface area contributed by atoms with Crippen LogP contribution in [-0.4, -0.2) is 17.6 Å². The first-order valence-corrected chi connectivity index (χ1v) is 7.76. The van der Waals surface area contributed by atoms with Gasteiger partial charge in [-0.15, -0.1) is 0 Å². The van der Waals surface area contributed by atoms with E-state index in [1.807, 2.05) is 51.1 Å². The molecule has 0 atom stereocenters. The summed E-state index contributed by atoms with van der Waals surface area (Å²) in [5.41, 5.74) is 1.70. The van der Waals surface area contributed by atoms with Gasteiger partial charge in [0.25, 0.3) is 5.91 Å². The van der Waals surface area contributed by atoms with Gasteiger partial charge in [-0.2, -0.15) is 0 Å². The van der Waals surface area contributed by atoms with Gasteiger partial charge in [0.1, 0.15) is 5.60 Å². The monoisotopic (exact) mass is 326 g/mol. The molecule has 2 aromatic rings. The number of nitrogens with one attached hydrogen (secondary N) is 2. The van der Waals surface area contributed by atoms with Crippen LogP contribution in [0.2, 0.25) is 0 Å². The van der Waals surface area contributed by atoms with Gasteiger partial charge in [0, 0.05) is 17.8 Å². The topological polar surface area (TPSA) is 67.4 Å². The van der Waals surface area contributed by atoms with Crippen molar-refractivity contribution in [2.75, 3.05) is 5.32 Å². The van der Waals surface area contributed by atoms with Crippen LogP contribution in [0, 0.1) is 0 Å². The summed E-state index contributed by atoms with van der Waals surface area (Å²) in [4.78, 5) is 23.7. The molecule has 0 unspecified atom stereocenters. The van der Waals surface area contributed by atoms with Crippen molar-refractivity contribution in [1.29, 1.82) is 0 Å². The Balaban J connectivity index is 1.87. The van der Waals surface area contributed by atoms with Crippen molar-refractivity contribution in [2.45, 2.75) is 32.9 Å². The fraction of sp³-hybridized carbons (Fsp3) is 0.263. The summed E-state index contributed by atoms with van der Waals surface area (Å²) in [5, 5.41) is 5.52. The van der Waals surface area contributed by atoms with Gasteiger partial charge in [0.05, 0.1) is 0 Å².